The lowest BCUT2D eigenvalue weighted by molar-refractivity contribution is -0.949. The molecule has 0 radical (unpaired) electrons. The second-order valence-corrected chi connectivity index (χ2v) is 8.05. The van der Waals surface area contributed by atoms with Crippen LogP contribution < -0.4 is 12.4 Å². The van der Waals surface area contributed by atoms with Crippen molar-refractivity contribution in [3.63, 3.8) is 0 Å². The summed E-state index contributed by atoms with van der Waals surface area (Å²) in [7, 11) is 0. The minimum atomic E-state index is 0. The third-order valence-corrected chi connectivity index (χ3v) is 6.57. The Hall–Kier alpha value is 0.250. The van der Waals surface area contributed by atoms with Gasteiger partial charge in [0.05, 0.1) is 25.7 Å². The topological polar surface area (TPSA) is 0 Å². The van der Waals surface area contributed by atoms with Crippen LogP contribution in [0.25, 0.3) is 0 Å². The average molecular weight is 360 g/mol. The zero-order chi connectivity index (χ0) is 16.8. The van der Waals surface area contributed by atoms with Crippen molar-refractivity contribution in [2.45, 2.75) is 123 Å². The summed E-state index contributed by atoms with van der Waals surface area (Å²) in [6.07, 6.45) is 22.1. The highest BCUT2D eigenvalue weighted by atomic mass is 35.5. The van der Waals surface area contributed by atoms with Gasteiger partial charge in [0.1, 0.15) is 0 Å². The largest absolute Gasteiger partial charge is 1.00 e. The van der Waals surface area contributed by atoms with Gasteiger partial charge in [-0.05, 0) is 52.4 Å². The van der Waals surface area contributed by atoms with E-state index in [9.17, 15) is 0 Å². The van der Waals surface area contributed by atoms with E-state index in [1.165, 1.54) is 120 Å². The van der Waals surface area contributed by atoms with Crippen LogP contribution in [-0.2, 0) is 0 Å². The van der Waals surface area contributed by atoms with Gasteiger partial charge in [-0.25, -0.2) is 0 Å². The molecule has 1 nitrogen and oxygen atoms in total. The monoisotopic (exact) mass is 359 g/mol. The Balaban J connectivity index is 0.00000529. The van der Waals surface area contributed by atoms with Crippen LogP contribution >= 0.6 is 0 Å². The maximum absolute atomic E-state index is 2.44. The van der Waals surface area contributed by atoms with E-state index in [-0.39, 0.29) is 12.4 Å². The molecular weight excluding hydrogens is 314 g/mol. The summed E-state index contributed by atoms with van der Waals surface area (Å²) < 4.78 is 1.43. The van der Waals surface area contributed by atoms with E-state index in [4.69, 9.17) is 0 Å². The predicted octanol–water partition coefficient (Wildman–Crippen LogP) is 4.10. The summed E-state index contributed by atoms with van der Waals surface area (Å²) in [5.41, 5.74) is 0. The van der Waals surface area contributed by atoms with Gasteiger partial charge in [0, 0.05) is 0 Å². The number of unbranched alkanes of at least 4 members (excludes halogenated alkanes) is 9. The molecule has 0 N–H and O–H groups in total. The van der Waals surface area contributed by atoms with Gasteiger partial charge >= 0.3 is 0 Å². The molecule has 0 heterocycles. The Morgan fingerprint density at radius 3 is 1.54 bits per heavy atom. The Morgan fingerprint density at radius 2 is 1.08 bits per heavy atom. The fourth-order valence-electron chi connectivity index (χ4n) is 4.78. The molecular formula is C22H46ClN. The second kappa shape index (κ2) is 15.5. The third kappa shape index (κ3) is 9.09. The molecule has 0 aliphatic heterocycles. The van der Waals surface area contributed by atoms with Crippen LogP contribution in [-0.4, -0.2) is 30.2 Å². The first-order chi connectivity index (χ1) is 11.3. The maximum atomic E-state index is 2.44. The molecule has 0 aromatic rings. The minimum Gasteiger partial charge on any atom is -1.00 e. The van der Waals surface area contributed by atoms with Gasteiger partial charge < -0.3 is 16.9 Å². The van der Waals surface area contributed by atoms with Crippen molar-refractivity contribution in [3.8, 4) is 0 Å². The van der Waals surface area contributed by atoms with Gasteiger partial charge in [0.15, 0.2) is 0 Å². The van der Waals surface area contributed by atoms with Crippen LogP contribution in [0.2, 0.25) is 0 Å². The van der Waals surface area contributed by atoms with Crippen molar-refractivity contribution in [2.24, 2.45) is 0 Å². The highest BCUT2D eigenvalue weighted by Gasteiger charge is 2.34. The highest BCUT2D eigenvalue weighted by molar-refractivity contribution is 4.67. The predicted molar refractivity (Wildman–Crippen MR) is 105 cm³/mol. The van der Waals surface area contributed by atoms with Crippen LogP contribution in [0.1, 0.15) is 117 Å². The summed E-state index contributed by atoms with van der Waals surface area (Å²) in [6.45, 7) is 11.4. The lowest BCUT2D eigenvalue weighted by Gasteiger charge is -2.45. The van der Waals surface area contributed by atoms with E-state index in [0.717, 1.165) is 6.04 Å². The molecule has 146 valence electrons. The van der Waals surface area contributed by atoms with Gasteiger partial charge in [0.25, 0.3) is 0 Å². The fraction of sp³-hybridized carbons (Fsp3) is 1.00. The summed E-state index contributed by atoms with van der Waals surface area (Å²) in [5.74, 6) is 0. The van der Waals surface area contributed by atoms with E-state index in [1.807, 2.05) is 0 Å². The summed E-state index contributed by atoms with van der Waals surface area (Å²) >= 11 is 0. The van der Waals surface area contributed by atoms with Crippen LogP contribution in [0.3, 0.4) is 0 Å². The summed E-state index contributed by atoms with van der Waals surface area (Å²) in [4.78, 5) is 0. The highest BCUT2D eigenvalue weighted by Crippen LogP contribution is 2.29. The molecule has 0 spiro atoms. The van der Waals surface area contributed by atoms with Crippen molar-refractivity contribution in [3.05, 3.63) is 0 Å². The van der Waals surface area contributed by atoms with Gasteiger partial charge in [0.2, 0.25) is 0 Å². The van der Waals surface area contributed by atoms with Crippen molar-refractivity contribution < 1.29 is 16.9 Å². The zero-order valence-electron chi connectivity index (χ0n) is 17.1. The van der Waals surface area contributed by atoms with E-state index in [2.05, 4.69) is 20.8 Å². The first-order valence-corrected chi connectivity index (χ1v) is 11.1. The molecule has 1 aliphatic carbocycles. The van der Waals surface area contributed by atoms with E-state index < -0.39 is 0 Å². The molecule has 0 amide bonds. The molecule has 2 heteroatoms. The first-order valence-electron chi connectivity index (χ1n) is 11.1. The summed E-state index contributed by atoms with van der Waals surface area (Å²) in [5, 5.41) is 0. The smallest absolute Gasteiger partial charge is 0.0890 e. The molecule has 0 aromatic heterocycles. The quantitative estimate of drug-likeness (QED) is 0.323. The Kier molecular flexibility index (Phi) is 15.7. The van der Waals surface area contributed by atoms with Gasteiger partial charge in [-0.15, -0.1) is 0 Å². The van der Waals surface area contributed by atoms with Crippen molar-refractivity contribution in [1.29, 1.82) is 0 Å². The number of nitrogens with zero attached hydrogens (tertiary/aromatic N) is 1. The normalized spacial score (nSPS) is 16.1. The molecule has 24 heavy (non-hydrogen) atoms. The number of rotatable bonds is 14. The number of hydrogen-bond donors (Lipinski definition) is 0. The van der Waals surface area contributed by atoms with Gasteiger partial charge in [-0.1, -0.05) is 64.7 Å². The molecule has 0 atom stereocenters. The molecule has 1 fully saturated rings. The van der Waals surface area contributed by atoms with Crippen molar-refractivity contribution in [1.82, 2.24) is 0 Å². The molecule has 1 aliphatic rings. The lowest BCUT2D eigenvalue weighted by atomic mass is 9.91. The number of halogens is 1. The first kappa shape index (κ1) is 24.2. The molecule has 1 saturated carbocycles. The molecule has 0 unspecified atom stereocenters. The average Bonchev–Trinajstić information content (AvgIpc) is 2.61. The zero-order valence-corrected chi connectivity index (χ0v) is 17.9. The van der Waals surface area contributed by atoms with Crippen molar-refractivity contribution in [2.75, 3.05) is 19.6 Å². The minimum absolute atomic E-state index is 0. The number of hydrogen-bond acceptors (Lipinski definition) is 0. The van der Waals surface area contributed by atoms with E-state index in [1.54, 1.807) is 0 Å². The number of quaternary nitrogens is 1. The van der Waals surface area contributed by atoms with Crippen molar-refractivity contribution >= 4 is 0 Å². The van der Waals surface area contributed by atoms with Crippen LogP contribution in [0.4, 0.5) is 0 Å². The molecule has 1 rings (SSSR count). The molecule has 0 bridgehead atoms. The lowest BCUT2D eigenvalue weighted by Crippen LogP contribution is -3.00. The standard InChI is InChI=1S/C22H46N.ClH/c1-4-7-8-9-10-11-12-13-14-18-21-23(5-2,6-3)22-19-16-15-17-20-22;/h22H,4-21H2,1-3H3;1H/q+1;/p-1. The van der Waals surface area contributed by atoms with E-state index >= 15 is 0 Å². The third-order valence-electron chi connectivity index (χ3n) is 6.57. The van der Waals surface area contributed by atoms with E-state index in [0.29, 0.717) is 0 Å². The van der Waals surface area contributed by atoms with Gasteiger partial charge in [-0.2, -0.15) is 0 Å². The summed E-state index contributed by atoms with van der Waals surface area (Å²) in [6, 6.07) is 0.984. The molecule has 0 saturated heterocycles. The Labute approximate surface area is 160 Å². The Bertz CT molecular complexity index is 257. The van der Waals surface area contributed by atoms with Gasteiger partial charge in [-0.3, -0.25) is 0 Å². The van der Waals surface area contributed by atoms with Crippen LogP contribution in [0.15, 0.2) is 0 Å². The Morgan fingerprint density at radius 1 is 0.625 bits per heavy atom. The fourth-order valence-corrected chi connectivity index (χ4v) is 4.78. The van der Waals surface area contributed by atoms with Crippen LogP contribution in [0.5, 0.6) is 0 Å². The second-order valence-electron chi connectivity index (χ2n) is 8.05. The van der Waals surface area contributed by atoms with Crippen LogP contribution in [0, 0.1) is 0 Å². The SMILES string of the molecule is CCCCCCCCCCCC[N+](CC)(CC)C1CCCCC1.[Cl-]. The molecule has 0 aromatic carbocycles. The maximum Gasteiger partial charge on any atom is 0.0890 e.